The molecule has 2 aromatic heterocycles. The van der Waals surface area contributed by atoms with Crippen molar-refractivity contribution in [3.8, 4) is 0 Å². The first-order chi connectivity index (χ1) is 12.5. The fourth-order valence-corrected chi connectivity index (χ4v) is 2.74. The van der Waals surface area contributed by atoms with Crippen molar-refractivity contribution in [1.29, 1.82) is 0 Å². The lowest BCUT2D eigenvalue weighted by Gasteiger charge is -2.18. The smallest absolute Gasteiger partial charge is 0.285 e. The Labute approximate surface area is 147 Å². The Morgan fingerprint density at radius 3 is 2.73 bits per heavy atom. The Morgan fingerprint density at radius 1 is 1.23 bits per heavy atom. The van der Waals surface area contributed by atoms with E-state index in [4.69, 9.17) is 0 Å². The van der Waals surface area contributed by atoms with E-state index in [0.29, 0.717) is 29.8 Å². The van der Waals surface area contributed by atoms with Gasteiger partial charge in [0.15, 0.2) is 12.5 Å². The lowest BCUT2D eigenvalue weighted by atomic mass is 10.2. The van der Waals surface area contributed by atoms with Crippen molar-refractivity contribution in [2.45, 2.75) is 20.1 Å². The summed E-state index contributed by atoms with van der Waals surface area (Å²) in [7, 11) is 0. The number of nitrogens with zero attached hydrogens (tertiary/aromatic N) is 3. The Bertz CT molecular complexity index is 1070. The summed E-state index contributed by atoms with van der Waals surface area (Å²) in [4.78, 5) is 42.7. The van der Waals surface area contributed by atoms with Crippen LogP contribution in [0.2, 0.25) is 0 Å². The molecule has 134 valence electrons. The summed E-state index contributed by atoms with van der Waals surface area (Å²) in [6.45, 7) is 3.18. The number of nitro groups is 1. The second-order valence-corrected chi connectivity index (χ2v) is 5.92. The van der Waals surface area contributed by atoms with Gasteiger partial charge >= 0.3 is 0 Å². The van der Waals surface area contributed by atoms with Gasteiger partial charge in [0.25, 0.3) is 16.8 Å². The predicted molar refractivity (Wildman–Crippen MR) is 94.9 cm³/mol. The Morgan fingerprint density at radius 2 is 2.00 bits per heavy atom. The zero-order chi connectivity index (χ0) is 18.7. The van der Waals surface area contributed by atoms with Gasteiger partial charge in [-0.2, -0.15) is 0 Å². The highest BCUT2D eigenvalue weighted by Crippen LogP contribution is 2.06. The number of H-pyrrole nitrogens is 1. The third-order valence-electron chi connectivity index (χ3n) is 4.15. The molecule has 26 heavy (non-hydrogen) atoms. The van der Waals surface area contributed by atoms with E-state index in [1.54, 1.807) is 18.2 Å². The van der Waals surface area contributed by atoms with Gasteiger partial charge in [-0.3, -0.25) is 24.3 Å². The van der Waals surface area contributed by atoms with E-state index < -0.39 is 4.92 Å². The van der Waals surface area contributed by atoms with Crippen molar-refractivity contribution in [3.63, 3.8) is 0 Å². The van der Waals surface area contributed by atoms with Crippen LogP contribution in [0.1, 0.15) is 12.7 Å². The lowest BCUT2D eigenvalue weighted by Crippen LogP contribution is -3.10. The number of fused-ring (bicyclic) bond motifs is 1. The van der Waals surface area contributed by atoms with E-state index in [1.807, 2.05) is 13.0 Å². The minimum absolute atomic E-state index is 0.141. The van der Waals surface area contributed by atoms with Crippen molar-refractivity contribution in [3.05, 3.63) is 79.2 Å². The number of pyridine rings is 1. The van der Waals surface area contributed by atoms with Crippen LogP contribution in [0.4, 0.5) is 5.69 Å². The summed E-state index contributed by atoms with van der Waals surface area (Å²) < 4.78 is 1.30. The Balaban J connectivity index is 1.87. The van der Waals surface area contributed by atoms with Crippen LogP contribution < -0.4 is 16.0 Å². The van der Waals surface area contributed by atoms with Crippen molar-refractivity contribution < 1.29 is 9.82 Å². The molecule has 1 aromatic carbocycles. The molecule has 0 saturated heterocycles. The number of benzene rings is 1. The summed E-state index contributed by atoms with van der Waals surface area (Å²) in [5, 5.41) is 11.4. The van der Waals surface area contributed by atoms with Crippen molar-refractivity contribution in [1.82, 2.24) is 14.5 Å². The minimum atomic E-state index is -0.538. The van der Waals surface area contributed by atoms with Crippen LogP contribution >= 0.6 is 0 Å². The second kappa shape index (κ2) is 7.28. The fourth-order valence-electron chi connectivity index (χ4n) is 2.74. The maximum Gasteiger partial charge on any atom is 0.285 e. The zero-order valence-corrected chi connectivity index (χ0v) is 14.1. The highest BCUT2D eigenvalue weighted by atomic mass is 16.6. The van der Waals surface area contributed by atoms with Gasteiger partial charge in [-0.05, 0) is 19.1 Å². The van der Waals surface area contributed by atoms with Gasteiger partial charge in [-0.15, -0.1) is 0 Å². The number of para-hydroxylation sites is 1. The number of nitrogens with one attached hydrogen (secondary N) is 2. The first-order valence-electron chi connectivity index (χ1n) is 8.14. The molecule has 0 aliphatic heterocycles. The quantitative estimate of drug-likeness (QED) is 0.478. The highest BCUT2D eigenvalue weighted by Gasteiger charge is 2.15. The van der Waals surface area contributed by atoms with E-state index >= 15 is 0 Å². The number of hydrogen-bond donors (Lipinski definition) is 2. The largest absolute Gasteiger partial charge is 0.311 e. The molecule has 1 unspecified atom stereocenters. The fraction of sp³-hybridized carbons (Fsp3) is 0.235. The van der Waals surface area contributed by atoms with Crippen LogP contribution in [0.3, 0.4) is 0 Å². The molecule has 1 atom stereocenters. The van der Waals surface area contributed by atoms with Gasteiger partial charge in [0.1, 0.15) is 6.54 Å². The Hall–Kier alpha value is -3.33. The first kappa shape index (κ1) is 17.5. The predicted octanol–water partition coefficient (Wildman–Crippen LogP) is 0.0555. The van der Waals surface area contributed by atoms with E-state index in [9.17, 15) is 19.7 Å². The topological polar surface area (TPSA) is 115 Å². The standard InChI is InChI=1S/C17H17N5O4/c1-2-20(11-21-9-12(22(25)26)7-8-16(21)23)10-15-18-14-6-4-3-5-13(14)17(24)19-15/h3-9H,2,10-11H2,1H3,(H,18,19,24)/p+1. The summed E-state index contributed by atoms with van der Waals surface area (Å²) in [5.41, 5.74) is -0.0680. The monoisotopic (exact) mass is 356 g/mol. The molecule has 0 fully saturated rings. The molecule has 3 aromatic rings. The summed E-state index contributed by atoms with van der Waals surface area (Å²) in [5.74, 6) is 0.504. The van der Waals surface area contributed by atoms with Gasteiger partial charge in [0, 0.05) is 12.1 Å². The molecule has 0 radical (unpaired) electrons. The van der Waals surface area contributed by atoms with Crippen LogP contribution in [0, 0.1) is 10.1 Å². The maximum absolute atomic E-state index is 12.2. The number of aromatic amines is 1. The first-order valence-corrected chi connectivity index (χ1v) is 8.14. The van der Waals surface area contributed by atoms with Gasteiger partial charge in [-0.25, -0.2) is 4.98 Å². The van der Waals surface area contributed by atoms with E-state index in [-0.39, 0.29) is 23.5 Å². The minimum Gasteiger partial charge on any atom is -0.311 e. The van der Waals surface area contributed by atoms with Crippen LogP contribution in [0.15, 0.2) is 52.2 Å². The highest BCUT2D eigenvalue weighted by molar-refractivity contribution is 5.77. The number of quaternary nitrogens is 1. The third kappa shape index (κ3) is 3.67. The molecule has 9 nitrogen and oxygen atoms in total. The number of aromatic nitrogens is 3. The van der Waals surface area contributed by atoms with Crippen molar-refractivity contribution >= 4 is 16.6 Å². The lowest BCUT2D eigenvalue weighted by molar-refractivity contribution is -0.935. The summed E-state index contributed by atoms with van der Waals surface area (Å²) in [6.07, 6.45) is 1.23. The Kier molecular flexibility index (Phi) is 4.90. The van der Waals surface area contributed by atoms with Crippen LogP contribution in [-0.2, 0) is 13.2 Å². The van der Waals surface area contributed by atoms with E-state index in [2.05, 4.69) is 9.97 Å². The molecule has 0 bridgehead atoms. The molecule has 0 amide bonds. The molecule has 0 spiro atoms. The van der Waals surface area contributed by atoms with Crippen LogP contribution in [0.25, 0.3) is 10.9 Å². The molecule has 0 aliphatic carbocycles. The molecule has 3 rings (SSSR count). The third-order valence-corrected chi connectivity index (χ3v) is 4.15. The molecule has 0 aliphatic rings. The van der Waals surface area contributed by atoms with Crippen LogP contribution in [0.5, 0.6) is 0 Å². The maximum atomic E-state index is 12.2. The molecule has 9 heteroatoms. The summed E-state index contributed by atoms with van der Waals surface area (Å²) in [6, 6.07) is 9.43. The van der Waals surface area contributed by atoms with Gasteiger partial charge in [-0.1, -0.05) is 12.1 Å². The van der Waals surface area contributed by atoms with E-state index in [0.717, 1.165) is 4.90 Å². The average molecular weight is 356 g/mol. The van der Waals surface area contributed by atoms with E-state index in [1.165, 1.54) is 22.9 Å². The van der Waals surface area contributed by atoms with Crippen molar-refractivity contribution in [2.24, 2.45) is 0 Å². The molecule has 2 N–H and O–H groups in total. The van der Waals surface area contributed by atoms with Gasteiger partial charge in [0.05, 0.1) is 28.6 Å². The second-order valence-electron chi connectivity index (χ2n) is 5.92. The van der Waals surface area contributed by atoms with Gasteiger partial charge in [0.2, 0.25) is 0 Å². The number of rotatable bonds is 6. The normalized spacial score (nSPS) is 12.2. The molecule has 2 heterocycles. The molecular formula is C17H18N5O4+. The average Bonchev–Trinajstić information content (AvgIpc) is 2.62. The molecule has 0 saturated carbocycles. The molecular weight excluding hydrogens is 338 g/mol. The zero-order valence-electron chi connectivity index (χ0n) is 14.1. The van der Waals surface area contributed by atoms with Gasteiger partial charge < -0.3 is 9.88 Å². The number of hydrogen-bond acceptors (Lipinski definition) is 5. The van der Waals surface area contributed by atoms with Crippen LogP contribution in [-0.4, -0.2) is 26.0 Å². The van der Waals surface area contributed by atoms with Crippen molar-refractivity contribution in [2.75, 3.05) is 6.54 Å². The SMILES string of the molecule is CC[NH+](Cc1nc2ccccc2c(=O)[nH]1)Cn1cc([N+](=O)[O-])ccc1=O. The summed E-state index contributed by atoms with van der Waals surface area (Å²) >= 11 is 0.